The van der Waals surface area contributed by atoms with Gasteiger partial charge in [-0.25, -0.2) is 0 Å². The Morgan fingerprint density at radius 2 is 1.81 bits per heavy atom. The third-order valence-electron chi connectivity index (χ3n) is 4.89. The van der Waals surface area contributed by atoms with Crippen LogP contribution in [0, 0.1) is 5.92 Å². The molecule has 1 fully saturated rings. The number of hydrogen-bond donors (Lipinski definition) is 3. The van der Waals surface area contributed by atoms with Crippen molar-refractivity contribution in [2.45, 2.75) is 65.0 Å². The third kappa shape index (κ3) is 5.56. The Morgan fingerprint density at radius 1 is 1.15 bits per heavy atom. The number of carbonyl (C=O) groups excluding carboxylic acids is 2. The van der Waals surface area contributed by atoms with Gasteiger partial charge < -0.3 is 16.0 Å². The molecule has 3 N–H and O–H groups in total. The highest BCUT2D eigenvalue weighted by Crippen LogP contribution is 2.22. The standard InChI is InChI=1S/C21H33N3O2/c1-14(2)18(20(26)23-17-7-6-12-22-13-17)24-19(25)15-8-10-16(11-9-15)21(3,4)5/h8-11,14,17-18,22H,6-7,12-13H2,1-5H3,(H,23,26)(H,24,25)/t17-,18?/m0/s1. The number of piperidine rings is 1. The molecule has 0 aliphatic carbocycles. The van der Waals surface area contributed by atoms with E-state index in [4.69, 9.17) is 0 Å². The molecule has 26 heavy (non-hydrogen) atoms. The van der Waals surface area contributed by atoms with E-state index in [1.54, 1.807) is 0 Å². The van der Waals surface area contributed by atoms with Crippen molar-refractivity contribution in [1.82, 2.24) is 16.0 Å². The van der Waals surface area contributed by atoms with E-state index in [0.717, 1.165) is 25.9 Å². The smallest absolute Gasteiger partial charge is 0.251 e. The number of amides is 2. The molecule has 1 heterocycles. The van der Waals surface area contributed by atoms with Gasteiger partial charge in [-0.15, -0.1) is 0 Å². The molecule has 2 atom stereocenters. The van der Waals surface area contributed by atoms with E-state index >= 15 is 0 Å². The summed E-state index contributed by atoms with van der Waals surface area (Å²) in [5, 5.41) is 9.27. The van der Waals surface area contributed by atoms with E-state index in [9.17, 15) is 9.59 Å². The highest BCUT2D eigenvalue weighted by Gasteiger charge is 2.27. The molecule has 2 rings (SSSR count). The fourth-order valence-electron chi connectivity index (χ4n) is 3.15. The second-order valence-electron chi connectivity index (χ2n) is 8.57. The molecular weight excluding hydrogens is 326 g/mol. The molecule has 0 saturated carbocycles. The number of rotatable bonds is 5. The van der Waals surface area contributed by atoms with E-state index in [1.165, 1.54) is 5.56 Å². The summed E-state index contributed by atoms with van der Waals surface area (Å²) >= 11 is 0. The summed E-state index contributed by atoms with van der Waals surface area (Å²) in [4.78, 5) is 25.3. The Morgan fingerprint density at radius 3 is 2.31 bits per heavy atom. The van der Waals surface area contributed by atoms with Crippen LogP contribution in [0.5, 0.6) is 0 Å². The van der Waals surface area contributed by atoms with Crippen molar-refractivity contribution in [3.05, 3.63) is 35.4 Å². The van der Waals surface area contributed by atoms with E-state index in [-0.39, 0.29) is 29.2 Å². The van der Waals surface area contributed by atoms with Crippen LogP contribution in [0.4, 0.5) is 0 Å². The molecule has 0 spiro atoms. The minimum Gasteiger partial charge on any atom is -0.350 e. The summed E-state index contributed by atoms with van der Waals surface area (Å²) in [5.41, 5.74) is 1.80. The van der Waals surface area contributed by atoms with Gasteiger partial charge >= 0.3 is 0 Å². The zero-order chi connectivity index (χ0) is 19.3. The van der Waals surface area contributed by atoms with Gasteiger partial charge in [0, 0.05) is 18.2 Å². The molecule has 1 unspecified atom stereocenters. The zero-order valence-corrected chi connectivity index (χ0v) is 16.7. The van der Waals surface area contributed by atoms with Crippen molar-refractivity contribution in [3.63, 3.8) is 0 Å². The van der Waals surface area contributed by atoms with Gasteiger partial charge in [0.2, 0.25) is 5.91 Å². The molecule has 1 saturated heterocycles. The van der Waals surface area contributed by atoms with E-state index < -0.39 is 6.04 Å². The SMILES string of the molecule is CC(C)C(NC(=O)c1ccc(C(C)(C)C)cc1)C(=O)N[C@H]1CCCNC1. The van der Waals surface area contributed by atoms with Gasteiger partial charge in [-0.05, 0) is 48.4 Å². The van der Waals surface area contributed by atoms with Gasteiger partial charge in [-0.2, -0.15) is 0 Å². The van der Waals surface area contributed by atoms with E-state index in [1.807, 2.05) is 38.1 Å². The van der Waals surface area contributed by atoms with Crippen LogP contribution in [0.15, 0.2) is 24.3 Å². The maximum Gasteiger partial charge on any atom is 0.251 e. The van der Waals surface area contributed by atoms with Crippen molar-refractivity contribution in [1.29, 1.82) is 0 Å². The maximum absolute atomic E-state index is 12.7. The van der Waals surface area contributed by atoms with Crippen LogP contribution >= 0.6 is 0 Å². The predicted molar refractivity (Wildman–Crippen MR) is 105 cm³/mol. The summed E-state index contributed by atoms with van der Waals surface area (Å²) in [6, 6.07) is 7.22. The number of hydrogen-bond acceptors (Lipinski definition) is 3. The summed E-state index contributed by atoms with van der Waals surface area (Å²) in [7, 11) is 0. The molecular formula is C21H33N3O2. The summed E-state index contributed by atoms with van der Waals surface area (Å²) in [5.74, 6) is -0.293. The van der Waals surface area contributed by atoms with Gasteiger partial charge in [0.1, 0.15) is 6.04 Å². The number of nitrogens with one attached hydrogen (secondary N) is 3. The monoisotopic (exact) mass is 359 g/mol. The lowest BCUT2D eigenvalue weighted by Crippen LogP contribution is -2.54. The Labute approximate surface area is 157 Å². The van der Waals surface area contributed by atoms with E-state index in [2.05, 4.69) is 36.7 Å². The van der Waals surface area contributed by atoms with Crippen molar-refractivity contribution in [3.8, 4) is 0 Å². The lowest BCUT2D eigenvalue weighted by atomic mass is 9.86. The third-order valence-corrected chi connectivity index (χ3v) is 4.89. The first-order chi connectivity index (χ1) is 12.2. The van der Waals surface area contributed by atoms with Crippen LogP contribution < -0.4 is 16.0 Å². The lowest BCUT2D eigenvalue weighted by Gasteiger charge is -2.28. The van der Waals surface area contributed by atoms with Gasteiger partial charge in [-0.3, -0.25) is 9.59 Å². The van der Waals surface area contributed by atoms with Crippen LogP contribution in [0.2, 0.25) is 0 Å². The highest BCUT2D eigenvalue weighted by atomic mass is 16.2. The first kappa shape index (κ1) is 20.4. The molecule has 5 heteroatoms. The Balaban J connectivity index is 2.01. The fourth-order valence-corrected chi connectivity index (χ4v) is 3.15. The average Bonchev–Trinajstić information content (AvgIpc) is 2.59. The maximum atomic E-state index is 12.7. The van der Waals surface area contributed by atoms with Crippen LogP contribution in [0.25, 0.3) is 0 Å². The first-order valence-electron chi connectivity index (χ1n) is 9.61. The molecule has 1 aromatic carbocycles. The largest absolute Gasteiger partial charge is 0.350 e. The van der Waals surface area contributed by atoms with E-state index in [0.29, 0.717) is 5.56 Å². The topological polar surface area (TPSA) is 70.2 Å². The van der Waals surface area contributed by atoms with Crippen molar-refractivity contribution in [2.75, 3.05) is 13.1 Å². The Hall–Kier alpha value is -1.88. The molecule has 144 valence electrons. The normalized spacial score (nSPS) is 19.1. The minimum atomic E-state index is -0.535. The molecule has 0 aromatic heterocycles. The summed E-state index contributed by atoms with van der Waals surface area (Å²) in [6.45, 7) is 12.1. The van der Waals surface area contributed by atoms with Crippen molar-refractivity contribution in [2.24, 2.45) is 5.92 Å². The molecule has 1 aliphatic rings. The minimum absolute atomic E-state index is 0.0179. The van der Waals surface area contributed by atoms with Crippen molar-refractivity contribution >= 4 is 11.8 Å². The van der Waals surface area contributed by atoms with Gasteiger partial charge in [0.15, 0.2) is 0 Å². The van der Waals surface area contributed by atoms with Gasteiger partial charge in [0.25, 0.3) is 5.91 Å². The Bertz CT molecular complexity index is 611. The van der Waals surface area contributed by atoms with Crippen LogP contribution in [0.1, 0.15) is 63.4 Å². The second kappa shape index (κ2) is 8.67. The first-order valence-corrected chi connectivity index (χ1v) is 9.61. The summed E-state index contributed by atoms with van der Waals surface area (Å²) in [6.07, 6.45) is 2.04. The van der Waals surface area contributed by atoms with Crippen LogP contribution in [-0.4, -0.2) is 37.0 Å². The van der Waals surface area contributed by atoms with Gasteiger partial charge in [0.05, 0.1) is 0 Å². The predicted octanol–water partition coefficient (Wildman–Crippen LogP) is 2.61. The van der Waals surface area contributed by atoms with Crippen molar-refractivity contribution < 1.29 is 9.59 Å². The molecule has 5 nitrogen and oxygen atoms in total. The quantitative estimate of drug-likeness (QED) is 0.757. The number of benzene rings is 1. The van der Waals surface area contributed by atoms with Crippen LogP contribution in [-0.2, 0) is 10.2 Å². The average molecular weight is 360 g/mol. The van der Waals surface area contributed by atoms with Gasteiger partial charge in [-0.1, -0.05) is 46.8 Å². The molecule has 0 bridgehead atoms. The van der Waals surface area contributed by atoms with Crippen LogP contribution in [0.3, 0.4) is 0 Å². The molecule has 0 radical (unpaired) electrons. The Kier molecular flexibility index (Phi) is 6.81. The fraction of sp³-hybridized carbons (Fsp3) is 0.619. The number of carbonyl (C=O) groups is 2. The highest BCUT2D eigenvalue weighted by molar-refractivity contribution is 5.97. The lowest BCUT2D eigenvalue weighted by molar-refractivity contribution is -0.124. The molecule has 1 aliphatic heterocycles. The second-order valence-corrected chi connectivity index (χ2v) is 8.57. The molecule has 2 amide bonds. The summed E-state index contributed by atoms with van der Waals surface area (Å²) < 4.78 is 0. The zero-order valence-electron chi connectivity index (χ0n) is 16.7. The molecule has 1 aromatic rings.